The van der Waals surface area contributed by atoms with Crippen molar-refractivity contribution >= 4 is 10.8 Å². The summed E-state index contributed by atoms with van der Waals surface area (Å²) in [6.07, 6.45) is 20.4. The van der Waals surface area contributed by atoms with E-state index in [0.717, 1.165) is 41.5 Å². The van der Waals surface area contributed by atoms with Gasteiger partial charge < -0.3 is 4.90 Å². The summed E-state index contributed by atoms with van der Waals surface area (Å²) in [5.41, 5.74) is 2.11. The van der Waals surface area contributed by atoms with E-state index in [1.54, 1.807) is 5.56 Å². The van der Waals surface area contributed by atoms with E-state index in [1.807, 2.05) is 6.20 Å². The van der Waals surface area contributed by atoms with Gasteiger partial charge in [0.05, 0.1) is 0 Å². The van der Waals surface area contributed by atoms with E-state index in [1.165, 1.54) is 94.5 Å². The third-order valence-corrected chi connectivity index (χ3v) is 11.7. The fraction of sp³-hybridized carbons (Fsp3) is 0.710. The maximum absolute atomic E-state index is 4.40. The first-order valence-corrected chi connectivity index (χ1v) is 14.3. The van der Waals surface area contributed by atoms with Crippen LogP contribution in [0.4, 0.5) is 0 Å². The molecule has 4 saturated carbocycles. The minimum atomic E-state index is 0.511. The highest BCUT2D eigenvalue weighted by atomic mass is 15.2. The second kappa shape index (κ2) is 8.08. The second-order valence-electron chi connectivity index (χ2n) is 12.8. The predicted octanol–water partition coefficient (Wildman–Crippen LogP) is 7.44. The molecule has 2 aromatic rings. The van der Waals surface area contributed by atoms with E-state index in [4.69, 9.17) is 0 Å². The van der Waals surface area contributed by atoms with Crippen molar-refractivity contribution in [2.24, 2.45) is 35.0 Å². The molecule has 4 aliphatic carbocycles. The van der Waals surface area contributed by atoms with E-state index >= 15 is 0 Å². The van der Waals surface area contributed by atoms with Crippen molar-refractivity contribution in [2.45, 2.75) is 89.5 Å². The molecule has 2 nitrogen and oxygen atoms in total. The Labute approximate surface area is 200 Å². The van der Waals surface area contributed by atoms with Gasteiger partial charge in [-0.1, -0.05) is 19.1 Å². The molecule has 0 bridgehead atoms. The normalized spacial score (nSPS) is 43.2. The number of hydrogen-bond donors (Lipinski definition) is 0. The first-order chi connectivity index (χ1) is 16.2. The largest absolute Gasteiger partial charge is 0.300 e. The molecule has 33 heavy (non-hydrogen) atoms. The van der Waals surface area contributed by atoms with Crippen LogP contribution in [0.1, 0.15) is 89.0 Å². The van der Waals surface area contributed by atoms with Crippen molar-refractivity contribution in [3.63, 3.8) is 0 Å². The fourth-order valence-electron chi connectivity index (χ4n) is 10.1. The number of pyridine rings is 1. The van der Waals surface area contributed by atoms with Gasteiger partial charge in [-0.3, -0.25) is 4.98 Å². The van der Waals surface area contributed by atoms with Crippen molar-refractivity contribution in [3.8, 4) is 0 Å². The van der Waals surface area contributed by atoms with Gasteiger partial charge in [-0.25, -0.2) is 0 Å². The standard InChI is InChI=1S/C31H42N2/c1-31-14-12-27-26-9-7-25(33-16-2-3-17-33)19-22(26)6-8-28(27)30(31)11-10-29(31)23-5-4-21-13-15-32-20-24(21)18-23/h4-5,13,15,18,20,22,25-30H,2-3,6-12,14,16-17,19H2,1H3. The first-order valence-electron chi connectivity index (χ1n) is 14.3. The zero-order valence-corrected chi connectivity index (χ0v) is 20.6. The van der Waals surface area contributed by atoms with Crippen molar-refractivity contribution < 1.29 is 0 Å². The van der Waals surface area contributed by atoms with Crippen molar-refractivity contribution in [1.29, 1.82) is 0 Å². The van der Waals surface area contributed by atoms with Gasteiger partial charge in [-0.2, -0.15) is 0 Å². The highest BCUT2D eigenvalue weighted by Crippen LogP contribution is 2.66. The molecule has 8 unspecified atom stereocenters. The molecule has 1 aromatic carbocycles. The summed E-state index contributed by atoms with van der Waals surface area (Å²) in [4.78, 5) is 7.26. The van der Waals surface area contributed by atoms with E-state index in [9.17, 15) is 0 Å². The molecule has 5 aliphatic rings. The van der Waals surface area contributed by atoms with Crippen LogP contribution in [0.5, 0.6) is 0 Å². The lowest BCUT2D eigenvalue weighted by Gasteiger charge is -2.57. The Kier molecular flexibility index (Phi) is 5.12. The molecule has 1 aliphatic heterocycles. The molecule has 8 atom stereocenters. The molecule has 0 radical (unpaired) electrons. The fourth-order valence-corrected chi connectivity index (χ4v) is 10.1. The lowest BCUT2D eigenvalue weighted by Crippen LogP contribution is -2.50. The Morgan fingerprint density at radius 1 is 0.848 bits per heavy atom. The number of nitrogens with zero attached hydrogens (tertiary/aromatic N) is 2. The van der Waals surface area contributed by atoms with Crippen LogP contribution in [0.25, 0.3) is 10.8 Å². The summed E-state index contributed by atoms with van der Waals surface area (Å²) >= 11 is 0. The number of aromatic nitrogens is 1. The second-order valence-corrected chi connectivity index (χ2v) is 12.8. The van der Waals surface area contributed by atoms with Gasteiger partial charge in [0, 0.05) is 23.8 Å². The summed E-state index contributed by atoms with van der Waals surface area (Å²) in [7, 11) is 0. The highest BCUT2D eigenvalue weighted by molar-refractivity contribution is 5.82. The van der Waals surface area contributed by atoms with Crippen LogP contribution < -0.4 is 0 Å². The molecule has 1 saturated heterocycles. The van der Waals surface area contributed by atoms with Crippen molar-refractivity contribution in [3.05, 3.63) is 42.2 Å². The number of fused-ring (bicyclic) bond motifs is 6. The van der Waals surface area contributed by atoms with E-state index in [0.29, 0.717) is 5.41 Å². The molecular formula is C31H42N2. The van der Waals surface area contributed by atoms with Crippen LogP contribution in [0.3, 0.4) is 0 Å². The first kappa shape index (κ1) is 20.9. The van der Waals surface area contributed by atoms with Crippen LogP contribution in [-0.4, -0.2) is 29.0 Å². The summed E-state index contributed by atoms with van der Waals surface area (Å²) < 4.78 is 0. The summed E-state index contributed by atoms with van der Waals surface area (Å²) in [6.45, 7) is 5.47. The highest BCUT2D eigenvalue weighted by Gasteiger charge is 2.57. The molecule has 0 amide bonds. The van der Waals surface area contributed by atoms with Crippen LogP contribution in [0, 0.1) is 35.0 Å². The van der Waals surface area contributed by atoms with Gasteiger partial charge in [0.2, 0.25) is 0 Å². The summed E-state index contributed by atoms with van der Waals surface area (Å²) in [6, 6.07) is 10.4. The Balaban J connectivity index is 1.10. The maximum atomic E-state index is 4.40. The maximum Gasteiger partial charge on any atom is 0.0346 e. The van der Waals surface area contributed by atoms with Crippen LogP contribution in [0.15, 0.2) is 36.7 Å². The third kappa shape index (κ3) is 3.33. The average molecular weight is 443 g/mol. The molecule has 5 fully saturated rings. The van der Waals surface area contributed by atoms with Crippen LogP contribution in [-0.2, 0) is 0 Å². The molecule has 176 valence electrons. The molecule has 2 heteroatoms. The van der Waals surface area contributed by atoms with Gasteiger partial charge in [-0.15, -0.1) is 0 Å². The minimum Gasteiger partial charge on any atom is -0.300 e. The van der Waals surface area contributed by atoms with Gasteiger partial charge >= 0.3 is 0 Å². The van der Waals surface area contributed by atoms with Gasteiger partial charge in [0.15, 0.2) is 0 Å². The number of hydrogen-bond acceptors (Lipinski definition) is 2. The topological polar surface area (TPSA) is 16.1 Å². The Morgan fingerprint density at radius 3 is 2.64 bits per heavy atom. The molecule has 0 spiro atoms. The Morgan fingerprint density at radius 2 is 1.73 bits per heavy atom. The number of benzene rings is 1. The predicted molar refractivity (Wildman–Crippen MR) is 136 cm³/mol. The monoisotopic (exact) mass is 442 g/mol. The molecule has 0 N–H and O–H groups in total. The average Bonchev–Trinajstić information content (AvgIpc) is 3.51. The van der Waals surface area contributed by atoms with Gasteiger partial charge in [-0.05, 0) is 148 Å². The number of rotatable bonds is 2. The van der Waals surface area contributed by atoms with Crippen molar-refractivity contribution in [2.75, 3.05) is 13.1 Å². The summed E-state index contributed by atoms with van der Waals surface area (Å²) in [5.74, 6) is 5.86. The van der Waals surface area contributed by atoms with Crippen LogP contribution in [0.2, 0.25) is 0 Å². The number of likely N-dealkylation sites (tertiary alicyclic amines) is 1. The molecule has 7 rings (SSSR count). The molecule has 2 heterocycles. The lowest BCUT2D eigenvalue weighted by molar-refractivity contribution is -0.0638. The molecule has 1 aromatic heterocycles. The van der Waals surface area contributed by atoms with E-state index < -0.39 is 0 Å². The molecular weight excluding hydrogens is 400 g/mol. The smallest absolute Gasteiger partial charge is 0.0346 e. The van der Waals surface area contributed by atoms with E-state index in [-0.39, 0.29) is 0 Å². The Bertz CT molecular complexity index is 1010. The minimum absolute atomic E-state index is 0.511. The van der Waals surface area contributed by atoms with Crippen LogP contribution >= 0.6 is 0 Å². The van der Waals surface area contributed by atoms with Crippen molar-refractivity contribution in [1.82, 2.24) is 9.88 Å². The zero-order valence-electron chi connectivity index (χ0n) is 20.6. The lowest BCUT2D eigenvalue weighted by atomic mass is 9.49. The van der Waals surface area contributed by atoms with E-state index in [2.05, 4.69) is 47.3 Å². The Hall–Kier alpha value is -1.41. The third-order valence-electron chi connectivity index (χ3n) is 11.7. The SMILES string of the molecule is CC12CCC3C4CCC(N5CCCC5)CC4CCC3C1CCC2c1ccc2ccncc2c1. The zero-order chi connectivity index (χ0) is 22.0. The van der Waals surface area contributed by atoms with Gasteiger partial charge in [0.1, 0.15) is 0 Å². The quantitative estimate of drug-likeness (QED) is 0.480. The van der Waals surface area contributed by atoms with Gasteiger partial charge in [0.25, 0.3) is 0 Å². The summed E-state index contributed by atoms with van der Waals surface area (Å²) in [5, 5.41) is 2.66.